The van der Waals surface area contributed by atoms with Gasteiger partial charge in [0.05, 0.1) is 5.56 Å². The Bertz CT molecular complexity index is 1350. The quantitative estimate of drug-likeness (QED) is 0.243. The summed E-state index contributed by atoms with van der Waals surface area (Å²) in [4.78, 5) is 20.6. The van der Waals surface area contributed by atoms with Crippen molar-refractivity contribution in [2.75, 3.05) is 55.0 Å². The molecule has 1 unspecified atom stereocenters. The number of ether oxygens (including phenoxy) is 1. The molecule has 1 spiro atoms. The first-order valence-corrected chi connectivity index (χ1v) is 14.7. The van der Waals surface area contributed by atoms with Crippen LogP contribution < -0.4 is 14.7 Å². The van der Waals surface area contributed by atoms with Crippen molar-refractivity contribution in [2.24, 2.45) is 0 Å². The van der Waals surface area contributed by atoms with Crippen LogP contribution >= 0.6 is 0 Å². The first-order chi connectivity index (χ1) is 18.9. The molecular formula is C34H43N3O2. The van der Waals surface area contributed by atoms with Gasteiger partial charge in [0, 0.05) is 74.0 Å². The predicted octanol–water partition coefficient (Wildman–Crippen LogP) is 7.45. The molecule has 206 valence electrons. The van der Waals surface area contributed by atoms with Gasteiger partial charge in [-0.25, -0.2) is 4.79 Å². The minimum absolute atomic E-state index is 0.235. The fourth-order valence-electron chi connectivity index (χ4n) is 6.25. The monoisotopic (exact) mass is 525 g/mol. The lowest BCUT2D eigenvalue weighted by molar-refractivity contribution is 0.0264. The summed E-state index contributed by atoms with van der Waals surface area (Å²) < 4.78 is 6.50. The highest BCUT2D eigenvalue weighted by Gasteiger charge is 2.54. The van der Waals surface area contributed by atoms with Crippen LogP contribution in [0, 0.1) is 0 Å². The highest BCUT2D eigenvalue weighted by molar-refractivity contribution is 6.00. The molecule has 0 saturated heterocycles. The van der Waals surface area contributed by atoms with E-state index in [4.69, 9.17) is 4.74 Å². The number of hydrogen-bond acceptors (Lipinski definition) is 5. The molecule has 0 aromatic heterocycles. The summed E-state index contributed by atoms with van der Waals surface area (Å²) in [6, 6.07) is 19.6. The Hall–Kier alpha value is -3.47. The Morgan fingerprint density at radius 3 is 1.62 bits per heavy atom. The van der Waals surface area contributed by atoms with Crippen molar-refractivity contribution in [3.8, 4) is 11.1 Å². The lowest BCUT2D eigenvalue weighted by atomic mass is 9.83. The Balaban J connectivity index is 1.68. The Kier molecular flexibility index (Phi) is 7.61. The van der Waals surface area contributed by atoms with Gasteiger partial charge in [-0.05, 0) is 74.2 Å². The normalized spacial score (nSPS) is 16.6. The number of nitrogens with zero attached hydrogens (tertiary/aromatic N) is 3. The summed E-state index contributed by atoms with van der Waals surface area (Å²) >= 11 is 0. The molecule has 0 N–H and O–H groups in total. The number of hydrogen-bond donors (Lipinski definition) is 0. The molecule has 5 heteroatoms. The number of anilines is 3. The topological polar surface area (TPSA) is 36.0 Å². The number of rotatable bonds is 11. The number of benzene rings is 3. The maximum absolute atomic E-state index is 13.6. The third-order valence-corrected chi connectivity index (χ3v) is 8.48. The van der Waals surface area contributed by atoms with Crippen molar-refractivity contribution in [2.45, 2.75) is 59.0 Å². The standard InChI is InChI=1S/C34H43N3O2/c1-7-11-19-37(20-12-8-2)26-15-18-32-29(23-26)33(38)39-34(32)30-16-13-24(35(5)6)21-27(30)28-22-25(14-17-31(28)34)36(9-3)10-4/h13-18,21-23H,7-12,19-20H2,1-6H3. The summed E-state index contributed by atoms with van der Waals surface area (Å²) in [5.41, 5.74) is 8.56. The molecule has 0 radical (unpaired) electrons. The van der Waals surface area contributed by atoms with E-state index in [1.807, 2.05) is 0 Å². The van der Waals surface area contributed by atoms with E-state index in [0.717, 1.165) is 91.1 Å². The van der Waals surface area contributed by atoms with E-state index >= 15 is 0 Å². The molecule has 5 nitrogen and oxygen atoms in total. The molecule has 3 aromatic carbocycles. The van der Waals surface area contributed by atoms with Crippen LogP contribution in [0.1, 0.15) is 80.4 Å². The van der Waals surface area contributed by atoms with Crippen molar-refractivity contribution < 1.29 is 9.53 Å². The van der Waals surface area contributed by atoms with Gasteiger partial charge in [-0.2, -0.15) is 0 Å². The van der Waals surface area contributed by atoms with Gasteiger partial charge in [-0.1, -0.05) is 44.9 Å². The van der Waals surface area contributed by atoms with E-state index in [-0.39, 0.29) is 5.97 Å². The summed E-state index contributed by atoms with van der Waals surface area (Å²) in [6.45, 7) is 12.7. The highest BCUT2D eigenvalue weighted by atomic mass is 16.6. The van der Waals surface area contributed by atoms with Crippen LogP contribution in [0.15, 0.2) is 54.6 Å². The van der Waals surface area contributed by atoms with Gasteiger partial charge in [0.25, 0.3) is 0 Å². The van der Waals surface area contributed by atoms with E-state index in [1.165, 1.54) is 5.69 Å². The van der Waals surface area contributed by atoms with Crippen molar-refractivity contribution >= 4 is 23.0 Å². The SMILES string of the molecule is CCCCN(CCCC)c1ccc2c(c1)C(=O)OC21c2ccc(N(C)C)cc2-c2cc(N(CC)CC)ccc21. The van der Waals surface area contributed by atoms with Gasteiger partial charge in [0.15, 0.2) is 5.60 Å². The predicted molar refractivity (Wildman–Crippen MR) is 164 cm³/mol. The third-order valence-electron chi connectivity index (χ3n) is 8.48. The molecule has 0 saturated carbocycles. The number of carbonyl (C=O) groups is 1. The summed E-state index contributed by atoms with van der Waals surface area (Å²) in [6.07, 6.45) is 4.57. The lowest BCUT2D eigenvalue weighted by Gasteiger charge is -2.28. The Morgan fingerprint density at radius 1 is 0.641 bits per heavy atom. The first kappa shape index (κ1) is 27.1. The zero-order chi connectivity index (χ0) is 27.7. The van der Waals surface area contributed by atoms with E-state index in [2.05, 4.69) is 111 Å². The van der Waals surface area contributed by atoms with Crippen LogP contribution in [0.5, 0.6) is 0 Å². The minimum Gasteiger partial charge on any atom is -0.441 e. The zero-order valence-corrected chi connectivity index (χ0v) is 24.5. The van der Waals surface area contributed by atoms with Gasteiger partial charge in [0.1, 0.15) is 0 Å². The molecular weight excluding hydrogens is 482 g/mol. The average Bonchev–Trinajstić information content (AvgIpc) is 3.40. The maximum atomic E-state index is 13.6. The van der Waals surface area contributed by atoms with Crippen molar-refractivity contribution in [3.63, 3.8) is 0 Å². The molecule has 0 bridgehead atoms. The van der Waals surface area contributed by atoms with Gasteiger partial charge in [-0.15, -0.1) is 0 Å². The number of unbranched alkanes of at least 4 members (excludes halogenated alkanes) is 2. The fraction of sp³-hybridized carbons (Fsp3) is 0.441. The van der Waals surface area contributed by atoms with E-state index in [1.54, 1.807) is 0 Å². The molecule has 0 amide bonds. The first-order valence-electron chi connectivity index (χ1n) is 14.7. The summed E-state index contributed by atoms with van der Waals surface area (Å²) in [7, 11) is 4.13. The fourth-order valence-corrected chi connectivity index (χ4v) is 6.25. The Morgan fingerprint density at radius 2 is 1.10 bits per heavy atom. The smallest absolute Gasteiger partial charge is 0.340 e. The van der Waals surface area contributed by atoms with Crippen LogP contribution in [-0.2, 0) is 10.3 Å². The van der Waals surface area contributed by atoms with E-state index in [9.17, 15) is 4.79 Å². The zero-order valence-electron chi connectivity index (χ0n) is 24.5. The van der Waals surface area contributed by atoms with Crippen LogP contribution in [-0.4, -0.2) is 46.2 Å². The second-order valence-electron chi connectivity index (χ2n) is 11.0. The van der Waals surface area contributed by atoms with Crippen LogP contribution in [0.25, 0.3) is 11.1 Å². The Labute approximate surface area is 234 Å². The third kappa shape index (κ3) is 4.46. The van der Waals surface area contributed by atoms with Gasteiger partial charge >= 0.3 is 5.97 Å². The molecule has 0 fully saturated rings. The molecule has 2 aliphatic rings. The largest absolute Gasteiger partial charge is 0.441 e. The molecule has 1 aliphatic heterocycles. The molecule has 5 rings (SSSR count). The van der Waals surface area contributed by atoms with Crippen LogP contribution in [0.2, 0.25) is 0 Å². The molecule has 1 heterocycles. The summed E-state index contributed by atoms with van der Waals surface area (Å²) in [5, 5.41) is 0. The highest BCUT2D eigenvalue weighted by Crippen LogP contribution is 2.58. The van der Waals surface area contributed by atoms with Gasteiger partial charge < -0.3 is 19.4 Å². The molecule has 1 aliphatic carbocycles. The molecule has 3 aromatic rings. The van der Waals surface area contributed by atoms with E-state index in [0.29, 0.717) is 5.56 Å². The van der Waals surface area contributed by atoms with Gasteiger partial charge in [0.2, 0.25) is 0 Å². The average molecular weight is 526 g/mol. The van der Waals surface area contributed by atoms with Crippen molar-refractivity contribution in [1.29, 1.82) is 0 Å². The lowest BCUT2D eigenvalue weighted by Crippen LogP contribution is -2.28. The number of esters is 1. The van der Waals surface area contributed by atoms with Gasteiger partial charge in [-0.3, -0.25) is 0 Å². The van der Waals surface area contributed by atoms with Crippen LogP contribution in [0.3, 0.4) is 0 Å². The molecule has 39 heavy (non-hydrogen) atoms. The van der Waals surface area contributed by atoms with Crippen molar-refractivity contribution in [1.82, 2.24) is 0 Å². The van der Waals surface area contributed by atoms with E-state index < -0.39 is 5.60 Å². The second kappa shape index (κ2) is 11.0. The summed E-state index contributed by atoms with van der Waals surface area (Å²) in [5.74, 6) is -0.235. The molecule has 1 atom stereocenters. The number of carbonyl (C=O) groups excluding carboxylic acids is 1. The minimum atomic E-state index is -0.917. The van der Waals surface area contributed by atoms with Crippen molar-refractivity contribution in [3.05, 3.63) is 76.9 Å². The number of fused-ring (bicyclic) bond motifs is 7. The second-order valence-corrected chi connectivity index (χ2v) is 11.0. The maximum Gasteiger partial charge on any atom is 0.340 e. The van der Waals surface area contributed by atoms with Crippen LogP contribution in [0.4, 0.5) is 17.1 Å².